The topological polar surface area (TPSA) is 23.8 Å². The minimum atomic E-state index is 0.879. The molecule has 0 amide bonds. The van der Waals surface area contributed by atoms with Crippen LogP contribution in [-0.2, 0) is 0 Å². The van der Waals surface area contributed by atoms with E-state index in [0.29, 0.717) is 0 Å². The molecule has 0 aliphatic heterocycles. The van der Waals surface area contributed by atoms with Crippen molar-refractivity contribution in [2.75, 3.05) is 0 Å². The van der Waals surface area contributed by atoms with Crippen LogP contribution in [0.5, 0.6) is 0 Å². The highest BCUT2D eigenvalue weighted by molar-refractivity contribution is 5.37. The molecule has 1 nitrogen and oxygen atoms in total. The van der Waals surface area contributed by atoms with Gasteiger partial charge in [-0.15, -0.1) is 5.92 Å². The molecule has 0 unspecified atom stereocenters. The summed E-state index contributed by atoms with van der Waals surface area (Å²) in [5.74, 6) is 10.8. The van der Waals surface area contributed by atoms with Crippen molar-refractivity contribution in [2.24, 2.45) is 0 Å². The second kappa shape index (κ2) is 9.12. The predicted octanol–water partition coefficient (Wildman–Crippen LogP) is 3.62. The molecule has 0 aromatic heterocycles. The fourth-order valence-corrected chi connectivity index (χ4v) is 1.29. The summed E-state index contributed by atoms with van der Waals surface area (Å²) < 4.78 is 0. The summed E-state index contributed by atoms with van der Waals surface area (Å²) in [6.45, 7) is 1.84. The van der Waals surface area contributed by atoms with Crippen molar-refractivity contribution in [3.05, 3.63) is 71.8 Å². The smallest absolute Gasteiger partial charge is 0.152 e. The van der Waals surface area contributed by atoms with Crippen LogP contribution >= 0.6 is 0 Å². The van der Waals surface area contributed by atoms with Gasteiger partial charge in [0, 0.05) is 17.0 Å². The zero-order chi connectivity index (χ0) is 13.8. The van der Waals surface area contributed by atoms with Gasteiger partial charge < -0.3 is 0 Å². The molecule has 0 saturated heterocycles. The average Bonchev–Trinajstić information content (AvgIpc) is 2.48. The molecule has 0 atom stereocenters. The molecule has 0 radical (unpaired) electrons. The number of hydrogen-bond donors (Lipinski definition) is 0. The number of nitriles is 1. The van der Waals surface area contributed by atoms with Crippen molar-refractivity contribution < 1.29 is 0 Å². The van der Waals surface area contributed by atoms with Gasteiger partial charge in [0.05, 0.1) is 0 Å². The Labute approximate surface area is 114 Å². The Hall–Kier alpha value is -2.95. The van der Waals surface area contributed by atoms with Crippen LogP contribution in [-0.4, -0.2) is 0 Å². The molecular weight excluding hydrogens is 230 g/mol. The molecule has 0 heterocycles. The molecule has 0 N–H and O–H groups in total. The zero-order valence-electron chi connectivity index (χ0n) is 10.7. The van der Waals surface area contributed by atoms with Crippen molar-refractivity contribution in [1.29, 1.82) is 5.26 Å². The van der Waals surface area contributed by atoms with Crippen LogP contribution in [0.15, 0.2) is 60.7 Å². The lowest BCUT2D eigenvalue weighted by molar-refractivity contribution is 1.55. The molecule has 0 aliphatic rings. The number of nitrogens with zero attached hydrogens (tertiary/aromatic N) is 1. The third kappa shape index (κ3) is 6.38. The van der Waals surface area contributed by atoms with Crippen LogP contribution in [0.2, 0.25) is 0 Å². The Balaban J connectivity index is 0.000000191. The van der Waals surface area contributed by atoms with Crippen molar-refractivity contribution in [3.8, 4) is 29.8 Å². The summed E-state index contributed by atoms with van der Waals surface area (Å²) >= 11 is 0. The predicted molar refractivity (Wildman–Crippen MR) is 77.9 cm³/mol. The summed E-state index contributed by atoms with van der Waals surface area (Å²) in [5.41, 5.74) is 1.96. The van der Waals surface area contributed by atoms with E-state index in [1.54, 1.807) is 6.07 Å². The SMILES string of the molecule is CC#Cc1ccccc1.N#CC#Cc1ccccc1. The molecule has 2 aromatic rings. The van der Waals surface area contributed by atoms with Gasteiger partial charge in [-0.2, -0.15) is 5.26 Å². The average molecular weight is 243 g/mol. The maximum Gasteiger partial charge on any atom is 0.152 e. The van der Waals surface area contributed by atoms with Crippen LogP contribution in [0.25, 0.3) is 0 Å². The van der Waals surface area contributed by atoms with Gasteiger partial charge in [0.2, 0.25) is 0 Å². The first-order chi connectivity index (χ1) is 9.36. The minimum Gasteiger partial charge on any atom is -0.183 e. The van der Waals surface area contributed by atoms with Gasteiger partial charge in [-0.1, -0.05) is 48.2 Å². The number of hydrogen-bond acceptors (Lipinski definition) is 1. The van der Waals surface area contributed by atoms with Crippen molar-refractivity contribution in [2.45, 2.75) is 6.92 Å². The first kappa shape index (κ1) is 14.1. The summed E-state index contributed by atoms with van der Waals surface area (Å²) in [7, 11) is 0. The number of rotatable bonds is 0. The molecule has 0 aliphatic carbocycles. The van der Waals surface area contributed by atoms with E-state index in [0.717, 1.165) is 11.1 Å². The Morgan fingerprint density at radius 3 is 1.63 bits per heavy atom. The van der Waals surface area contributed by atoms with Crippen LogP contribution in [0.3, 0.4) is 0 Å². The summed E-state index contributed by atoms with van der Waals surface area (Å²) in [6, 6.07) is 21.1. The van der Waals surface area contributed by atoms with E-state index < -0.39 is 0 Å². The van der Waals surface area contributed by atoms with Crippen molar-refractivity contribution >= 4 is 0 Å². The molecule has 0 fully saturated rings. The summed E-state index contributed by atoms with van der Waals surface area (Å²) in [4.78, 5) is 0. The van der Waals surface area contributed by atoms with Gasteiger partial charge in [0.15, 0.2) is 6.07 Å². The largest absolute Gasteiger partial charge is 0.183 e. The van der Waals surface area contributed by atoms with Gasteiger partial charge in [-0.25, -0.2) is 0 Å². The Morgan fingerprint density at radius 1 is 0.737 bits per heavy atom. The van der Waals surface area contributed by atoms with Crippen molar-refractivity contribution in [1.82, 2.24) is 0 Å². The first-order valence-corrected chi connectivity index (χ1v) is 5.79. The fourth-order valence-electron chi connectivity index (χ4n) is 1.29. The van der Waals surface area contributed by atoms with E-state index in [-0.39, 0.29) is 0 Å². The second-order valence-electron chi connectivity index (χ2n) is 3.47. The molecule has 0 spiro atoms. The van der Waals surface area contributed by atoms with Gasteiger partial charge in [0.25, 0.3) is 0 Å². The first-order valence-electron chi connectivity index (χ1n) is 5.79. The van der Waals surface area contributed by atoms with Crippen LogP contribution in [0.4, 0.5) is 0 Å². The third-order valence-corrected chi connectivity index (χ3v) is 2.08. The Bertz CT molecular complexity index is 641. The fraction of sp³-hybridized carbons (Fsp3) is 0.0556. The van der Waals surface area contributed by atoms with Crippen LogP contribution < -0.4 is 0 Å². The molecule has 1 heteroatoms. The maximum absolute atomic E-state index is 8.10. The van der Waals surface area contributed by atoms with Gasteiger partial charge >= 0.3 is 0 Å². The van der Waals surface area contributed by atoms with Gasteiger partial charge in [-0.3, -0.25) is 0 Å². The Kier molecular flexibility index (Phi) is 6.77. The lowest BCUT2D eigenvalue weighted by Crippen LogP contribution is -1.68. The van der Waals surface area contributed by atoms with E-state index in [9.17, 15) is 0 Å². The third-order valence-electron chi connectivity index (χ3n) is 2.08. The second-order valence-corrected chi connectivity index (χ2v) is 3.47. The van der Waals surface area contributed by atoms with Gasteiger partial charge in [-0.05, 0) is 31.2 Å². The van der Waals surface area contributed by atoms with Crippen LogP contribution in [0, 0.1) is 35.0 Å². The minimum absolute atomic E-state index is 0.879. The molecule has 90 valence electrons. The van der Waals surface area contributed by atoms with E-state index in [1.165, 1.54) is 0 Å². The van der Waals surface area contributed by atoms with Gasteiger partial charge in [0.1, 0.15) is 0 Å². The standard InChI is InChI=1S/C9H5N.C9H8/c10-8-4-7-9-5-2-1-3-6-9;1-2-6-9-7-4-3-5-8-9/h1-3,5-6H;3-5,7-8H,1H3. The van der Waals surface area contributed by atoms with E-state index >= 15 is 0 Å². The molecular formula is C18H13N. The summed E-state index contributed by atoms with van der Waals surface area (Å²) in [5, 5.41) is 8.10. The Morgan fingerprint density at radius 2 is 1.21 bits per heavy atom. The molecule has 2 aromatic carbocycles. The lowest BCUT2D eigenvalue weighted by atomic mass is 10.2. The summed E-state index contributed by atoms with van der Waals surface area (Å²) in [6.07, 6.45) is 0. The highest BCUT2D eigenvalue weighted by Gasteiger charge is 1.79. The molecule has 19 heavy (non-hydrogen) atoms. The zero-order valence-corrected chi connectivity index (χ0v) is 10.7. The normalized spacial score (nSPS) is 7.37. The molecule has 2 rings (SSSR count). The lowest BCUT2D eigenvalue weighted by Gasteiger charge is -1.83. The van der Waals surface area contributed by atoms with E-state index in [1.807, 2.05) is 67.6 Å². The molecule has 0 bridgehead atoms. The van der Waals surface area contributed by atoms with E-state index in [2.05, 4.69) is 23.7 Å². The number of benzene rings is 2. The van der Waals surface area contributed by atoms with Crippen molar-refractivity contribution in [3.63, 3.8) is 0 Å². The quantitative estimate of drug-likeness (QED) is 0.648. The van der Waals surface area contributed by atoms with Crippen LogP contribution in [0.1, 0.15) is 18.1 Å². The highest BCUT2D eigenvalue weighted by Crippen LogP contribution is 1.94. The highest BCUT2D eigenvalue weighted by atomic mass is 14.2. The maximum atomic E-state index is 8.10. The monoisotopic (exact) mass is 243 g/mol. The molecule has 0 saturated carbocycles. The van der Waals surface area contributed by atoms with E-state index in [4.69, 9.17) is 5.26 Å².